The lowest BCUT2D eigenvalue weighted by atomic mass is 9.89. The van der Waals surface area contributed by atoms with E-state index in [1.165, 1.54) is 5.56 Å². The molecule has 3 nitrogen and oxygen atoms in total. The Bertz CT molecular complexity index is 376. The van der Waals surface area contributed by atoms with Crippen LogP contribution in [0.15, 0.2) is 18.2 Å². The van der Waals surface area contributed by atoms with Crippen LogP contribution in [-0.4, -0.2) is 22.9 Å². The maximum absolute atomic E-state index is 9.83. The van der Waals surface area contributed by atoms with Gasteiger partial charge in [-0.15, -0.1) is 0 Å². The van der Waals surface area contributed by atoms with Crippen molar-refractivity contribution in [1.29, 1.82) is 0 Å². The van der Waals surface area contributed by atoms with Gasteiger partial charge in [0.2, 0.25) is 0 Å². The zero-order valence-corrected chi connectivity index (χ0v) is 10.2. The van der Waals surface area contributed by atoms with E-state index in [-0.39, 0.29) is 6.10 Å². The van der Waals surface area contributed by atoms with Crippen LogP contribution in [0.2, 0.25) is 0 Å². The third-order valence-corrected chi connectivity index (χ3v) is 3.31. The van der Waals surface area contributed by atoms with E-state index in [2.05, 4.69) is 0 Å². The largest absolute Gasteiger partial charge is 0.491 e. The fraction of sp³-hybridized carbons (Fsp3) is 0.571. The molecule has 2 rings (SSSR count). The highest BCUT2D eigenvalue weighted by atomic mass is 16.5. The van der Waals surface area contributed by atoms with Gasteiger partial charge in [0, 0.05) is 0 Å². The van der Waals surface area contributed by atoms with Gasteiger partial charge in [0.15, 0.2) is 0 Å². The Hall–Kier alpha value is -1.06. The summed E-state index contributed by atoms with van der Waals surface area (Å²) in [6, 6.07) is 5.79. The van der Waals surface area contributed by atoms with Gasteiger partial charge in [-0.1, -0.05) is 13.0 Å². The molecule has 2 atom stereocenters. The number of benzene rings is 1. The second kappa shape index (κ2) is 5.52. The Kier molecular flexibility index (Phi) is 4.02. The molecular formula is C14H20O3. The van der Waals surface area contributed by atoms with Crippen LogP contribution in [0.4, 0.5) is 0 Å². The van der Waals surface area contributed by atoms with E-state index in [1.54, 1.807) is 0 Å². The van der Waals surface area contributed by atoms with Crippen molar-refractivity contribution in [2.75, 3.05) is 6.61 Å². The second-order valence-corrected chi connectivity index (χ2v) is 4.64. The molecule has 94 valence electrons. The van der Waals surface area contributed by atoms with Gasteiger partial charge < -0.3 is 14.9 Å². The van der Waals surface area contributed by atoms with Gasteiger partial charge in [0.25, 0.3) is 0 Å². The summed E-state index contributed by atoms with van der Waals surface area (Å²) in [4.78, 5) is 0. The lowest BCUT2D eigenvalue weighted by Crippen LogP contribution is -2.16. The van der Waals surface area contributed by atoms with Crippen molar-refractivity contribution >= 4 is 0 Å². The summed E-state index contributed by atoms with van der Waals surface area (Å²) >= 11 is 0. The first-order valence-corrected chi connectivity index (χ1v) is 6.32. The lowest BCUT2D eigenvalue weighted by Gasteiger charge is -2.22. The van der Waals surface area contributed by atoms with Gasteiger partial charge in [-0.25, -0.2) is 0 Å². The zero-order chi connectivity index (χ0) is 12.3. The minimum Gasteiger partial charge on any atom is -0.491 e. The fourth-order valence-electron chi connectivity index (χ4n) is 2.17. The van der Waals surface area contributed by atoms with Gasteiger partial charge in [0.05, 0.1) is 12.2 Å². The predicted molar refractivity (Wildman–Crippen MR) is 66.1 cm³/mol. The Morgan fingerprint density at radius 3 is 3.06 bits per heavy atom. The number of rotatable bonds is 4. The summed E-state index contributed by atoms with van der Waals surface area (Å²) in [6.45, 7) is 2.26. The first-order chi connectivity index (χ1) is 8.20. The topological polar surface area (TPSA) is 49.7 Å². The van der Waals surface area contributed by atoms with Crippen molar-refractivity contribution in [3.8, 4) is 5.75 Å². The van der Waals surface area contributed by atoms with E-state index in [0.717, 1.165) is 30.6 Å². The second-order valence-electron chi connectivity index (χ2n) is 4.64. The summed E-state index contributed by atoms with van der Waals surface area (Å²) in [6.07, 6.45) is 2.84. The maximum Gasteiger partial charge on any atom is 0.119 e. The van der Waals surface area contributed by atoms with E-state index in [1.807, 2.05) is 25.1 Å². The minimum absolute atomic E-state index is 0.325. The molecule has 1 aliphatic carbocycles. The smallest absolute Gasteiger partial charge is 0.119 e. The van der Waals surface area contributed by atoms with Crippen LogP contribution in [0.5, 0.6) is 5.75 Å². The molecule has 0 radical (unpaired) electrons. The van der Waals surface area contributed by atoms with Gasteiger partial charge in [-0.2, -0.15) is 0 Å². The monoisotopic (exact) mass is 236 g/mol. The first kappa shape index (κ1) is 12.4. The molecule has 17 heavy (non-hydrogen) atoms. The molecule has 3 heteroatoms. The van der Waals surface area contributed by atoms with Gasteiger partial charge in [-0.3, -0.25) is 0 Å². The van der Waals surface area contributed by atoms with Crippen molar-refractivity contribution in [1.82, 2.24) is 0 Å². The van der Waals surface area contributed by atoms with E-state index >= 15 is 0 Å². The number of fused-ring (bicyclic) bond motifs is 1. The molecule has 0 spiro atoms. The lowest BCUT2D eigenvalue weighted by molar-refractivity contribution is 0.104. The third kappa shape index (κ3) is 2.99. The summed E-state index contributed by atoms with van der Waals surface area (Å²) in [5, 5.41) is 19.3. The number of aliphatic hydroxyl groups is 2. The molecule has 0 aliphatic heterocycles. The van der Waals surface area contributed by atoms with Crippen LogP contribution < -0.4 is 4.74 Å². The Morgan fingerprint density at radius 2 is 2.29 bits per heavy atom. The SMILES string of the molecule is CCC(O)COc1ccc2c(c1)CCCC2O. The maximum atomic E-state index is 9.83. The van der Waals surface area contributed by atoms with Crippen LogP contribution in [0.1, 0.15) is 43.4 Å². The van der Waals surface area contributed by atoms with Crippen molar-refractivity contribution in [3.63, 3.8) is 0 Å². The molecule has 0 heterocycles. The summed E-state index contributed by atoms with van der Waals surface area (Å²) in [5.74, 6) is 0.783. The van der Waals surface area contributed by atoms with Crippen molar-refractivity contribution in [3.05, 3.63) is 29.3 Å². The molecule has 1 aliphatic rings. The summed E-state index contributed by atoms with van der Waals surface area (Å²) < 4.78 is 5.53. The standard InChI is InChI=1S/C14H20O3/c1-2-11(15)9-17-12-6-7-13-10(8-12)4-3-5-14(13)16/h6-8,11,14-16H,2-5,9H2,1H3. The summed E-state index contributed by atoms with van der Waals surface area (Å²) in [7, 11) is 0. The Balaban J connectivity index is 2.05. The highest BCUT2D eigenvalue weighted by molar-refractivity contribution is 5.38. The van der Waals surface area contributed by atoms with Crippen LogP contribution in [0.25, 0.3) is 0 Å². The molecule has 2 unspecified atom stereocenters. The first-order valence-electron chi connectivity index (χ1n) is 6.32. The van der Waals surface area contributed by atoms with E-state index in [9.17, 15) is 10.2 Å². The van der Waals surface area contributed by atoms with Crippen LogP contribution in [0, 0.1) is 0 Å². The van der Waals surface area contributed by atoms with Gasteiger partial charge >= 0.3 is 0 Å². The highest BCUT2D eigenvalue weighted by Crippen LogP contribution is 2.31. The number of aliphatic hydroxyl groups excluding tert-OH is 2. The minimum atomic E-state index is -0.406. The molecule has 0 aromatic heterocycles. The average Bonchev–Trinajstić information content (AvgIpc) is 2.36. The molecule has 0 saturated carbocycles. The van der Waals surface area contributed by atoms with Crippen LogP contribution >= 0.6 is 0 Å². The number of hydrogen-bond donors (Lipinski definition) is 2. The van der Waals surface area contributed by atoms with Crippen molar-refractivity contribution < 1.29 is 14.9 Å². The molecular weight excluding hydrogens is 216 g/mol. The molecule has 0 amide bonds. The van der Waals surface area contributed by atoms with Crippen LogP contribution in [-0.2, 0) is 6.42 Å². The van der Waals surface area contributed by atoms with E-state index in [4.69, 9.17) is 4.74 Å². The Morgan fingerprint density at radius 1 is 1.47 bits per heavy atom. The molecule has 2 N–H and O–H groups in total. The van der Waals surface area contributed by atoms with Gasteiger partial charge in [0.1, 0.15) is 12.4 Å². The Labute approximate surface area is 102 Å². The molecule has 1 aromatic rings. The molecule has 1 aromatic carbocycles. The highest BCUT2D eigenvalue weighted by Gasteiger charge is 2.18. The molecule has 0 saturated heterocycles. The quantitative estimate of drug-likeness (QED) is 0.842. The predicted octanol–water partition coefficient (Wildman–Crippen LogP) is 2.21. The van der Waals surface area contributed by atoms with Crippen molar-refractivity contribution in [2.24, 2.45) is 0 Å². The molecule has 0 bridgehead atoms. The molecule has 0 fully saturated rings. The summed E-state index contributed by atoms with van der Waals surface area (Å²) in [5.41, 5.74) is 2.20. The number of hydrogen-bond acceptors (Lipinski definition) is 3. The average molecular weight is 236 g/mol. The van der Waals surface area contributed by atoms with Crippen LogP contribution in [0.3, 0.4) is 0 Å². The van der Waals surface area contributed by atoms with E-state index < -0.39 is 6.10 Å². The number of aryl methyl sites for hydroxylation is 1. The van der Waals surface area contributed by atoms with E-state index in [0.29, 0.717) is 13.0 Å². The number of ether oxygens (including phenoxy) is 1. The zero-order valence-electron chi connectivity index (χ0n) is 10.2. The fourth-order valence-corrected chi connectivity index (χ4v) is 2.17. The van der Waals surface area contributed by atoms with Crippen molar-refractivity contribution in [2.45, 2.75) is 44.8 Å². The normalized spacial score (nSPS) is 20.8. The third-order valence-electron chi connectivity index (χ3n) is 3.31. The van der Waals surface area contributed by atoms with Gasteiger partial charge in [-0.05, 0) is 48.9 Å².